The zero-order chi connectivity index (χ0) is 41.6. The second kappa shape index (κ2) is 18.6. The Balaban J connectivity index is 0.931. The minimum absolute atomic E-state index is 0.0337. The predicted octanol–water partition coefficient (Wildman–Crippen LogP) is 4.98. The van der Waals surface area contributed by atoms with Crippen LogP contribution in [-0.4, -0.2) is 120 Å². The Morgan fingerprint density at radius 2 is 1.23 bits per heavy atom. The van der Waals surface area contributed by atoms with Gasteiger partial charge in [-0.3, -0.25) is 9.59 Å². The van der Waals surface area contributed by atoms with E-state index in [1.807, 2.05) is 40.3 Å². The van der Waals surface area contributed by atoms with E-state index in [9.17, 15) is 19.2 Å². The Morgan fingerprint density at radius 3 is 1.82 bits per heavy atom. The molecule has 0 radical (unpaired) electrons. The first-order chi connectivity index (χ1) is 29.3. The number of imidazole rings is 2. The highest BCUT2D eigenvalue weighted by Crippen LogP contribution is 2.35. The van der Waals surface area contributed by atoms with Crippen molar-refractivity contribution >= 4 is 34.8 Å². The molecule has 60 heavy (non-hydrogen) atoms. The number of fused-ring (bicyclic) bond motifs is 1. The van der Waals surface area contributed by atoms with Crippen molar-refractivity contribution in [2.75, 3.05) is 53.7 Å². The fourth-order valence-electron chi connectivity index (χ4n) is 9.07. The molecular formula is C44H52N8O8. The molecule has 0 saturated carbocycles. The third-order valence-corrected chi connectivity index (χ3v) is 12.3. The molecule has 0 bridgehead atoms. The molecule has 8 rings (SSSR count). The van der Waals surface area contributed by atoms with Crippen molar-refractivity contribution in [2.24, 2.45) is 11.8 Å². The third kappa shape index (κ3) is 8.97. The van der Waals surface area contributed by atoms with Gasteiger partial charge in [0.1, 0.15) is 29.4 Å². The average molecular weight is 821 g/mol. The lowest BCUT2D eigenvalue weighted by Gasteiger charge is -2.34. The Morgan fingerprint density at radius 1 is 0.700 bits per heavy atom. The van der Waals surface area contributed by atoms with Crippen LogP contribution < -0.4 is 10.6 Å². The van der Waals surface area contributed by atoms with Gasteiger partial charge >= 0.3 is 12.2 Å². The molecule has 2 aromatic heterocycles. The second-order valence-electron chi connectivity index (χ2n) is 15.9. The third-order valence-electron chi connectivity index (χ3n) is 12.3. The maximum absolute atomic E-state index is 14.0. The van der Waals surface area contributed by atoms with Crippen LogP contribution in [0.5, 0.6) is 0 Å². The van der Waals surface area contributed by atoms with E-state index >= 15 is 0 Å². The number of rotatable bonds is 9. The number of benzene rings is 2. The Labute approximate surface area is 348 Å². The van der Waals surface area contributed by atoms with Gasteiger partial charge in [0.25, 0.3) is 0 Å². The van der Waals surface area contributed by atoms with Crippen molar-refractivity contribution in [1.29, 1.82) is 0 Å². The van der Waals surface area contributed by atoms with Gasteiger partial charge in [0.2, 0.25) is 11.8 Å². The van der Waals surface area contributed by atoms with E-state index in [0.29, 0.717) is 82.5 Å². The number of aromatic nitrogens is 4. The molecule has 316 valence electrons. The summed E-state index contributed by atoms with van der Waals surface area (Å²) in [4.78, 5) is 72.2. The van der Waals surface area contributed by atoms with E-state index in [-0.39, 0.29) is 35.7 Å². The number of amides is 4. The largest absolute Gasteiger partial charge is 0.453 e. The van der Waals surface area contributed by atoms with Crippen LogP contribution in [0.2, 0.25) is 0 Å². The first-order valence-electron chi connectivity index (χ1n) is 20.9. The number of nitrogens with one attached hydrogen (secondary N) is 4. The Kier molecular flexibility index (Phi) is 12.6. The molecule has 16 heteroatoms. The van der Waals surface area contributed by atoms with Crippen LogP contribution in [0.25, 0.3) is 22.0 Å². The average Bonchev–Trinajstić information content (AvgIpc) is 4.14. The molecule has 4 aliphatic rings. The summed E-state index contributed by atoms with van der Waals surface area (Å²) in [6, 6.07) is 10.4. The molecule has 4 N–H and O–H groups in total. The van der Waals surface area contributed by atoms with E-state index in [1.165, 1.54) is 14.2 Å². The molecule has 4 aliphatic heterocycles. The first kappa shape index (κ1) is 40.8. The number of nitrogens with zero attached hydrogens (tertiary/aromatic N) is 4. The molecule has 0 spiro atoms. The van der Waals surface area contributed by atoms with Crippen LogP contribution >= 0.6 is 0 Å². The van der Waals surface area contributed by atoms with Gasteiger partial charge in [-0.05, 0) is 98.1 Å². The lowest BCUT2D eigenvalue weighted by Crippen LogP contribution is -2.53. The molecule has 0 aliphatic carbocycles. The topological polar surface area (TPSA) is 193 Å². The summed E-state index contributed by atoms with van der Waals surface area (Å²) < 4.78 is 20.7. The minimum Gasteiger partial charge on any atom is -0.453 e. The van der Waals surface area contributed by atoms with Crippen molar-refractivity contribution in [2.45, 2.75) is 75.5 Å². The smallest absolute Gasteiger partial charge is 0.407 e. The van der Waals surface area contributed by atoms with Crippen LogP contribution in [0.4, 0.5) is 9.59 Å². The van der Waals surface area contributed by atoms with Crippen LogP contribution in [0.3, 0.4) is 0 Å². The number of H-pyrrole nitrogens is 2. The Bertz CT molecular complexity index is 2250. The highest BCUT2D eigenvalue weighted by molar-refractivity contribution is 5.89. The molecule has 16 nitrogen and oxygen atoms in total. The van der Waals surface area contributed by atoms with Crippen molar-refractivity contribution in [3.8, 4) is 23.1 Å². The zero-order valence-electron chi connectivity index (χ0n) is 34.0. The molecule has 4 amide bonds. The maximum Gasteiger partial charge on any atom is 0.407 e. The van der Waals surface area contributed by atoms with Crippen molar-refractivity contribution in [3.05, 3.63) is 71.7 Å². The van der Waals surface area contributed by atoms with Gasteiger partial charge in [-0.2, -0.15) is 0 Å². The van der Waals surface area contributed by atoms with Crippen molar-refractivity contribution in [3.63, 3.8) is 0 Å². The molecule has 4 atom stereocenters. The van der Waals surface area contributed by atoms with Gasteiger partial charge in [0, 0.05) is 50.6 Å². The highest BCUT2D eigenvalue weighted by Gasteiger charge is 2.41. The lowest BCUT2D eigenvalue weighted by molar-refractivity contribution is -0.137. The summed E-state index contributed by atoms with van der Waals surface area (Å²) in [5.41, 5.74) is 3.30. The molecular weight excluding hydrogens is 769 g/mol. The Hall–Kier alpha value is -5.92. The normalized spacial score (nSPS) is 20.9. The number of alkyl carbamates (subject to hydrolysis) is 2. The summed E-state index contributed by atoms with van der Waals surface area (Å²) in [5.74, 6) is 7.52. The van der Waals surface area contributed by atoms with E-state index < -0.39 is 24.3 Å². The van der Waals surface area contributed by atoms with Crippen LogP contribution in [-0.2, 0) is 28.5 Å². The number of carbonyl (C=O) groups excluding carboxylic acids is 4. The van der Waals surface area contributed by atoms with Crippen molar-refractivity contribution in [1.82, 2.24) is 40.4 Å². The summed E-state index contributed by atoms with van der Waals surface area (Å²) in [5, 5.41) is 7.67. The number of hydrogen-bond donors (Lipinski definition) is 4. The number of ether oxygens (including phenoxy) is 4. The van der Waals surface area contributed by atoms with Crippen LogP contribution in [0.1, 0.15) is 86.4 Å². The van der Waals surface area contributed by atoms with E-state index in [1.54, 1.807) is 6.20 Å². The molecule has 2 aromatic carbocycles. The minimum atomic E-state index is -0.697. The first-order valence-corrected chi connectivity index (χ1v) is 20.9. The maximum atomic E-state index is 14.0. The quantitative estimate of drug-likeness (QED) is 0.168. The highest BCUT2D eigenvalue weighted by atomic mass is 16.5. The van der Waals surface area contributed by atoms with Crippen LogP contribution in [0.15, 0.2) is 48.8 Å². The van der Waals surface area contributed by atoms with E-state index in [2.05, 4.69) is 49.6 Å². The van der Waals surface area contributed by atoms with E-state index in [4.69, 9.17) is 23.9 Å². The van der Waals surface area contributed by atoms with Gasteiger partial charge in [-0.25, -0.2) is 19.6 Å². The van der Waals surface area contributed by atoms with Crippen molar-refractivity contribution < 1.29 is 38.1 Å². The summed E-state index contributed by atoms with van der Waals surface area (Å²) >= 11 is 0. The molecule has 4 aromatic rings. The summed E-state index contributed by atoms with van der Waals surface area (Å²) in [6.45, 7) is 3.37. The van der Waals surface area contributed by atoms with Gasteiger partial charge in [0.05, 0.1) is 44.4 Å². The number of carbonyl (C=O) groups is 4. The number of hydrogen-bond acceptors (Lipinski definition) is 10. The molecule has 6 heterocycles. The van der Waals surface area contributed by atoms with Crippen LogP contribution in [0, 0.1) is 23.7 Å². The van der Waals surface area contributed by atoms with Gasteiger partial charge in [-0.15, -0.1) is 0 Å². The number of aromatic amines is 2. The fourth-order valence-corrected chi connectivity index (χ4v) is 9.07. The predicted molar refractivity (Wildman–Crippen MR) is 219 cm³/mol. The fraction of sp³-hybridized carbons (Fsp3) is 0.500. The SMILES string of the molecule is COC(=O)NC(C(=O)N1CCCC1c1ncc(C#Cc2ccc3cc(-c4cnc(C5CCCN5C(=O)C(NC(=O)OC)C5CCOCC5)[nH]4)ccc3c2)[nH]1)C1CCOCC1. The van der Waals surface area contributed by atoms with Gasteiger partial charge in [0.15, 0.2) is 0 Å². The number of likely N-dealkylation sites (tertiary alicyclic amines) is 2. The molecule has 4 unspecified atom stereocenters. The van der Waals surface area contributed by atoms with Gasteiger partial charge < -0.3 is 49.3 Å². The second-order valence-corrected chi connectivity index (χ2v) is 15.9. The standard InChI is InChI=1S/C44H52N8O8/c1-57-43(55)49-37(28-13-19-59-20-14-28)41(53)51-17-3-5-35(51)39-45-25-33(47-39)12-8-27-7-9-31-24-32(11-10-30(31)23-27)34-26-46-40(48-34)36-6-4-18-52(36)42(54)38(50-44(56)58-2)29-15-21-60-22-16-29/h7,9-11,23-26,28-29,35-38H,3-6,13-22H2,1-2H3,(H,45,47)(H,46,48)(H,49,55)(H,50,56). The zero-order valence-corrected chi connectivity index (χ0v) is 34.0. The monoisotopic (exact) mass is 820 g/mol. The van der Waals surface area contributed by atoms with Gasteiger partial charge in [-0.1, -0.05) is 24.1 Å². The molecule has 4 fully saturated rings. The van der Waals surface area contributed by atoms with E-state index in [0.717, 1.165) is 53.3 Å². The summed E-state index contributed by atoms with van der Waals surface area (Å²) in [6.07, 6.45) is 8.19. The number of methoxy groups -OCH3 is 2. The lowest BCUT2D eigenvalue weighted by atomic mass is 9.90. The molecule has 4 saturated heterocycles. The summed E-state index contributed by atoms with van der Waals surface area (Å²) in [7, 11) is 2.60.